The van der Waals surface area contributed by atoms with Crippen LogP contribution in [0.25, 0.3) is 0 Å². The largest absolute Gasteiger partial charge is 0.392 e. The molecule has 4 aliphatic carbocycles. The molecule has 0 spiro atoms. The number of carbonyl (C=O) groups is 4. The van der Waals surface area contributed by atoms with Gasteiger partial charge in [-0.3, -0.25) is 19.2 Å². The minimum absolute atomic E-state index is 0.00151. The number of fused-ring (bicyclic) bond motifs is 5. The molecule has 3 saturated carbocycles. The number of hydrogen-bond donors (Lipinski definition) is 5. The Balaban J connectivity index is 0.921. The first-order valence-electron chi connectivity index (χ1n) is 26.0. The molecular formula is C56H84N4O6. The summed E-state index contributed by atoms with van der Waals surface area (Å²) in [5.74, 6) is 3.55. The number of benzene rings is 2. The molecular weight excluding hydrogens is 825 g/mol. The second kappa shape index (κ2) is 24.3. The highest BCUT2D eigenvalue weighted by Crippen LogP contribution is 2.67. The predicted molar refractivity (Wildman–Crippen MR) is 264 cm³/mol. The molecule has 10 heteroatoms. The standard InChI is InChI=1S/C56H84N4O6/c1-7-8-18-49(53(64)58-43-22-19-41(37-61)20-23-43)60-54(65)50(35-40-16-10-9-11-17-40)59-52(63)28-27-51(62)57-33-13-34-66-44-29-31-55(5)42(36-44)21-24-45-47-26-25-46(39(4)15-12-14-38(2)3)56(47,6)32-30-48(45)55/h9-11,16-17,19-23,38-39,44-50,61H,7-8,12-15,18,24-37H2,1-6H3,(H,57,62)(H,58,64)(H,59,63)(H,60,65)/t39?,44-,45-,46+,47-,48-,49?,50?,55-,56+/m0/s1. The summed E-state index contributed by atoms with van der Waals surface area (Å²) < 4.78 is 6.46. The lowest BCUT2D eigenvalue weighted by molar-refractivity contribution is -0.131. The lowest BCUT2D eigenvalue weighted by Gasteiger charge is -2.58. The molecule has 10 nitrogen and oxygen atoms in total. The van der Waals surface area contributed by atoms with Crippen LogP contribution >= 0.6 is 0 Å². The van der Waals surface area contributed by atoms with E-state index >= 15 is 0 Å². The quantitative estimate of drug-likeness (QED) is 0.0524. The highest BCUT2D eigenvalue weighted by atomic mass is 16.5. The number of carbonyl (C=O) groups excluding carboxylic acids is 4. The van der Waals surface area contributed by atoms with Crippen molar-refractivity contribution in [3.8, 4) is 0 Å². The van der Waals surface area contributed by atoms with Gasteiger partial charge < -0.3 is 31.1 Å². The molecule has 364 valence electrons. The van der Waals surface area contributed by atoms with Gasteiger partial charge in [-0.25, -0.2) is 0 Å². The molecule has 10 atom stereocenters. The molecule has 3 unspecified atom stereocenters. The predicted octanol–water partition coefficient (Wildman–Crippen LogP) is 10.2. The van der Waals surface area contributed by atoms with Crippen LogP contribution in [0.1, 0.15) is 162 Å². The lowest BCUT2D eigenvalue weighted by Crippen LogP contribution is -2.53. The Kier molecular flexibility index (Phi) is 18.9. The zero-order valence-corrected chi connectivity index (χ0v) is 41.3. The molecule has 4 amide bonds. The van der Waals surface area contributed by atoms with E-state index < -0.39 is 23.9 Å². The second-order valence-corrected chi connectivity index (χ2v) is 21.6. The zero-order chi connectivity index (χ0) is 47.3. The first-order valence-corrected chi connectivity index (χ1v) is 26.0. The van der Waals surface area contributed by atoms with Gasteiger partial charge in [-0.2, -0.15) is 0 Å². The van der Waals surface area contributed by atoms with E-state index in [0.717, 1.165) is 72.3 Å². The van der Waals surface area contributed by atoms with E-state index in [1.807, 2.05) is 37.3 Å². The Bertz CT molecular complexity index is 1920. The zero-order valence-electron chi connectivity index (χ0n) is 41.3. The van der Waals surface area contributed by atoms with E-state index in [4.69, 9.17) is 4.74 Å². The monoisotopic (exact) mass is 909 g/mol. The lowest BCUT2D eigenvalue weighted by atomic mass is 9.47. The van der Waals surface area contributed by atoms with Gasteiger partial charge >= 0.3 is 0 Å². The summed E-state index contributed by atoms with van der Waals surface area (Å²) in [6.45, 7) is 15.5. The van der Waals surface area contributed by atoms with Gasteiger partial charge in [-0.05, 0) is 134 Å². The molecule has 4 aliphatic rings. The Morgan fingerprint density at radius 1 is 0.773 bits per heavy atom. The number of ether oxygens (including phenoxy) is 1. The highest BCUT2D eigenvalue weighted by molar-refractivity contribution is 5.98. The SMILES string of the molecule is CCCCC(NC(=O)C(Cc1ccccc1)NC(=O)CCC(=O)NCCCO[C@H]1CC[C@@]2(C)C(=CC[C@H]3[C@@H]4CC[C@H](C(C)CCCC(C)C)[C@@]4(C)CC[C@@H]32)C1)C(=O)Nc1ccc(CO)cc1. The van der Waals surface area contributed by atoms with E-state index in [1.54, 1.807) is 29.8 Å². The average Bonchev–Trinajstić information content (AvgIpc) is 3.67. The van der Waals surface area contributed by atoms with Crippen LogP contribution in [0.3, 0.4) is 0 Å². The molecule has 5 N–H and O–H groups in total. The van der Waals surface area contributed by atoms with Gasteiger partial charge in [0.25, 0.3) is 0 Å². The number of amides is 4. The van der Waals surface area contributed by atoms with Gasteiger partial charge in [-0.1, -0.05) is 128 Å². The summed E-state index contributed by atoms with van der Waals surface area (Å²) in [5, 5.41) is 20.9. The van der Waals surface area contributed by atoms with E-state index in [1.165, 1.54) is 57.8 Å². The summed E-state index contributed by atoms with van der Waals surface area (Å²) >= 11 is 0. The van der Waals surface area contributed by atoms with Gasteiger partial charge in [-0.15, -0.1) is 0 Å². The molecule has 2 aromatic rings. The van der Waals surface area contributed by atoms with E-state index in [9.17, 15) is 24.3 Å². The van der Waals surface area contributed by atoms with Crippen LogP contribution in [0.15, 0.2) is 66.2 Å². The number of anilines is 1. The van der Waals surface area contributed by atoms with Crippen molar-refractivity contribution in [1.82, 2.24) is 16.0 Å². The average molecular weight is 909 g/mol. The summed E-state index contributed by atoms with van der Waals surface area (Å²) in [5.41, 5.74) is 4.57. The number of rotatable bonds is 24. The molecule has 3 fully saturated rings. The van der Waals surface area contributed by atoms with Crippen molar-refractivity contribution < 1.29 is 29.0 Å². The summed E-state index contributed by atoms with van der Waals surface area (Å²) in [6, 6.07) is 14.5. The van der Waals surface area contributed by atoms with Crippen LogP contribution < -0.4 is 21.3 Å². The maximum Gasteiger partial charge on any atom is 0.246 e. The Hall–Kier alpha value is -4.02. The highest BCUT2D eigenvalue weighted by Gasteiger charge is 2.59. The summed E-state index contributed by atoms with van der Waals surface area (Å²) in [7, 11) is 0. The Morgan fingerprint density at radius 2 is 1.53 bits per heavy atom. The van der Waals surface area contributed by atoms with Crippen LogP contribution in [0.2, 0.25) is 0 Å². The second-order valence-electron chi connectivity index (χ2n) is 21.6. The Labute approximate surface area is 397 Å². The van der Waals surface area contributed by atoms with E-state index in [2.05, 4.69) is 62.0 Å². The fourth-order valence-electron chi connectivity index (χ4n) is 12.9. The topological polar surface area (TPSA) is 146 Å². The molecule has 0 aromatic heterocycles. The van der Waals surface area contributed by atoms with Crippen molar-refractivity contribution in [2.24, 2.45) is 46.3 Å². The molecule has 0 heterocycles. The summed E-state index contributed by atoms with van der Waals surface area (Å²) in [4.78, 5) is 53.3. The van der Waals surface area contributed by atoms with E-state index in [-0.39, 0.29) is 43.8 Å². The van der Waals surface area contributed by atoms with Gasteiger partial charge in [0.15, 0.2) is 0 Å². The molecule has 66 heavy (non-hydrogen) atoms. The third kappa shape index (κ3) is 13.4. The third-order valence-electron chi connectivity index (χ3n) is 16.7. The van der Waals surface area contributed by atoms with Crippen molar-refractivity contribution in [2.75, 3.05) is 18.5 Å². The molecule has 0 aliphatic heterocycles. The van der Waals surface area contributed by atoms with Crippen LogP contribution in [0, 0.1) is 46.3 Å². The molecule has 6 rings (SSSR count). The number of unbranched alkanes of at least 4 members (excludes halogenated alkanes) is 1. The van der Waals surface area contributed by atoms with Gasteiger partial charge in [0, 0.05) is 38.1 Å². The van der Waals surface area contributed by atoms with Gasteiger partial charge in [0.05, 0.1) is 12.7 Å². The first-order chi connectivity index (χ1) is 31.7. The fraction of sp³-hybridized carbons (Fsp3) is 0.679. The minimum Gasteiger partial charge on any atom is -0.392 e. The van der Waals surface area contributed by atoms with Crippen LogP contribution in [0.4, 0.5) is 5.69 Å². The fourth-order valence-corrected chi connectivity index (χ4v) is 12.9. The summed E-state index contributed by atoms with van der Waals surface area (Å²) in [6.07, 6.45) is 20.0. The van der Waals surface area contributed by atoms with E-state index in [0.29, 0.717) is 42.5 Å². The van der Waals surface area contributed by atoms with Gasteiger partial charge in [0.1, 0.15) is 12.1 Å². The first kappa shape index (κ1) is 51.4. The third-order valence-corrected chi connectivity index (χ3v) is 16.7. The van der Waals surface area contributed by atoms with Gasteiger partial charge in [0.2, 0.25) is 23.6 Å². The molecule has 0 saturated heterocycles. The normalized spacial score (nSPS) is 27.0. The minimum atomic E-state index is -0.944. The van der Waals surface area contributed by atoms with Crippen molar-refractivity contribution in [3.05, 3.63) is 77.4 Å². The maximum absolute atomic E-state index is 13.8. The number of nitrogens with one attached hydrogen (secondary N) is 4. The smallest absolute Gasteiger partial charge is 0.246 e. The van der Waals surface area contributed by atoms with Crippen molar-refractivity contribution >= 4 is 29.3 Å². The van der Waals surface area contributed by atoms with Crippen molar-refractivity contribution in [2.45, 2.75) is 182 Å². The molecule has 0 bridgehead atoms. The van der Waals surface area contributed by atoms with Crippen molar-refractivity contribution in [3.63, 3.8) is 0 Å². The van der Waals surface area contributed by atoms with Crippen LogP contribution in [0.5, 0.6) is 0 Å². The number of aliphatic hydroxyl groups excluding tert-OH is 1. The number of allylic oxidation sites excluding steroid dienone is 1. The molecule has 0 radical (unpaired) electrons. The molecule has 2 aromatic carbocycles. The van der Waals surface area contributed by atoms with Crippen LogP contribution in [-0.4, -0.2) is 60.1 Å². The Morgan fingerprint density at radius 3 is 2.26 bits per heavy atom. The van der Waals surface area contributed by atoms with Crippen LogP contribution in [-0.2, 0) is 36.9 Å². The maximum atomic E-state index is 13.8. The van der Waals surface area contributed by atoms with Crippen molar-refractivity contribution in [1.29, 1.82) is 0 Å². The number of aliphatic hydroxyl groups is 1. The number of hydrogen-bond acceptors (Lipinski definition) is 6.